The summed E-state index contributed by atoms with van der Waals surface area (Å²) in [7, 11) is 0. The molecule has 1 unspecified atom stereocenters. The number of hydrogen-bond acceptors (Lipinski definition) is 1. The van der Waals surface area contributed by atoms with Gasteiger partial charge >= 0.3 is 0 Å². The molecular weight excluding hydrogens is 268 g/mol. The first-order chi connectivity index (χ1) is 9.93. The van der Waals surface area contributed by atoms with Gasteiger partial charge in [0.05, 0.1) is 6.04 Å². The molecule has 112 valence electrons. The van der Waals surface area contributed by atoms with E-state index in [9.17, 15) is 8.78 Å². The van der Waals surface area contributed by atoms with E-state index in [1.165, 1.54) is 12.1 Å². The summed E-state index contributed by atoms with van der Waals surface area (Å²) in [5.41, 5.74) is 4.17. The summed E-state index contributed by atoms with van der Waals surface area (Å²) in [6.45, 7) is 8.32. The summed E-state index contributed by atoms with van der Waals surface area (Å²) in [5.74, 6) is -0.491. The first-order valence-corrected chi connectivity index (χ1v) is 7.20. The van der Waals surface area contributed by atoms with Crippen molar-refractivity contribution in [1.82, 2.24) is 5.32 Å². The van der Waals surface area contributed by atoms with Crippen molar-refractivity contribution in [2.45, 2.75) is 33.7 Å². The number of hydrogen-bond donors (Lipinski definition) is 1. The van der Waals surface area contributed by atoms with Crippen molar-refractivity contribution in [3.63, 3.8) is 0 Å². The molecule has 0 aliphatic heterocycles. The third kappa shape index (κ3) is 3.30. The van der Waals surface area contributed by atoms with Gasteiger partial charge in [0.25, 0.3) is 0 Å². The van der Waals surface area contributed by atoms with E-state index in [0.29, 0.717) is 12.1 Å². The Kier molecular flexibility index (Phi) is 4.73. The number of aryl methyl sites for hydroxylation is 3. The van der Waals surface area contributed by atoms with Crippen LogP contribution in [-0.2, 0) is 0 Å². The Bertz CT molecular complexity index is 627. The monoisotopic (exact) mass is 289 g/mol. The lowest BCUT2D eigenvalue weighted by atomic mass is 9.90. The number of rotatable bonds is 4. The van der Waals surface area contributed by atoms with E-state index in [2.05, 4.69) is 5.32 Å². The highest BCUT2D eigenvalue weighted by atomic mass is 19.1. The minimum atomic E-state index is -0.271. The highest BCUT2D eigenvalue weighted by molar-refractivity contribution is 5.42. The molecule has 0 aliphatic rings. The van der Waals surface area contributed by atoms with Crippen molar-refractivity contribution in [3.05, 3.63) is 69.8 Å². The quantitative estimate of drug-likeness (QED) is 0.868. The van der Waals surface area contributed by atoms with Gasteiger partial charge in [-0.1, -0.05) is 19.1 Å². The molecule has 0 saturated heterocycles. The highest BCUT2D eigenvalue weighted by Gasteiger charge is 2.21. The molecule has 0 spiro atoms. The largest absolute Gasteiger partial charge is 0.306 e. The van der Waals surface area contributed by atoms with Gasteiger partial charge < -0.3 is 5.32 Å². The second kappa shape index (κ2) is 6.35. The Balaban J connectivity index is 2.59. The summed E-state index contributed by atoms with van der Waals surface area (Å²) < 4.78 is 27.8. The van der Waals surface area contributed by atoms with E-state index >= 15 is 0 Å². The van der Waals surface area contributed by atoms with Crippen molar-refractivity contribution >= 4 is 0 Å². The third-order valence-electron chi connectivity index (χ3n) is 3.72. The molecule has 1 atom stereocenters. The molecule has 0 bridgehead atoms. The summed E-state index contributed by atoms with van der Waals surface area (Å²) in [6.07, 6.45) is 0. The van der Waals surface area contributed by atoms with Gasteiger partial charge in [-0.3, -0.25) is 0 Å². The van der Waals surface area contributed by atoms with Crippen LogP contribution < -0.4 is 5.32 Å². The van der Waals surface area contributed by atoms with E-state index in [-0.39, 0.29) is 17.7 Å². The summed E-state index contributed by atoms with van der Waals surface area (Å²) >= 11 is 0. The molecule has 21 heavy (non-hydrogen) atoms. The predicted molar refractivity (Wildman–Crippen MR) is 82.5 cm³/mol. The van der Waals surface area contributed by atoms with Crippen LogP contribution in [0.4, 0.5) is 8.78 Å². The van der Waals surface area contributed by atoms with E-state index in [1.54, 1.807) is 12.1 Å². The molecule has 3 heteroatoms. The molecule has 0 amide bonds. The van der Waals surface area contributed by atoms with Crippen LogP contribution in [-0.4, -0.2) is 6.54 Å². The van der Waals surface area contributed by atoms with E-state index in [1.807, 2.05) is 33.8 Å². The number of benzene rings is 2. The molecule has 0 radical (unpaired) electrons. The first kappa shape index (κ1) is 15.6. The van der Waals surface area contributed by atoms with Gasteiger partial charge in [0.15, 0.2) is 0 Å². The SMILES string of the molecule is CCNC(c1ccc(F)cc1C)c1c(C)cc(C)cc1F. The normalized spacial score (nSPS) is 12.5. The molecule has 1 nitrogen and oxygen atoms in total. The van der Waals surface area contributed by atoms with Crippen LogP contribution in [0.3, 0.4) is 0 Å². The predicted octanol–water partition coefficient (Wildman–Crippen LogP) is 4.59. The van der Waals surface area contributed by atoms with Gasteiger partial charge in [-0.2, -0.15) is 0 Å². The van der Waals surface area contributed by atoms with Crippen LogP contribution >= 0.6 is 0 Å². The lowest BCUT2D eigenvalue weighted by molar-refractivity contribution is 0.552. The number of nitrogens with one attached hydrogen (secondary N) is 1. The number of halogens is 2. The van der Waals surface area contributed by atoms with Gasteiger partial charge in [-0.25, -0.2) is 8.78 Å². The fourth-order valence-corrected chi connectivity index (χ4v) is 2.83. The van der Waals surface area contributed by atoms with Gasteiger partial charge in [-0.15, -0.1) is 0 Å². The Hall–Kier alpha value is -1.74. The fourth-order valence-electron chi connectivity index (χ4n) is 2.83. The molecule has 0 heterocycles. The van der Waals surface area contributed by atoms with Gasteiger partial charge in [-0.05, 0) is 67.8 Å². The first-order valence-electron chi connectivity index (χ1n) is 7.20. The minimum absolute atomic E-state index is 0.220. The van der Waals surface area contributed by atoms with Gasteiger partial charge in [0, 0.05) is 5.56 Å². The second-order valence-corrected chi connectivity index (χ2v) is 5.47. The molecule has 2 rings (SSSR count). The minimum Gasteiger partial charge on any atom is -0.306 e. The molecule has 1 N–H and O–H groups in total. The van der Waals surface area contributed by atoms with Crippen molar-refractivity contribution < 1.29 is 8.78 Å². The fraction of sp³-hybridized carbons (Fsp3) is 0.333. The standard InChI is InChI=1S/C18H21F2N/c1-5-21-18(15-7-6-14(19)10-12(15)3)17-13(4)8-11(2)9-16(17)20/h6-10,18,21H,5H2,1-4H3. The van der Waals surface area contributed by atoms with Gasteiger partial charge in [0.1, 0.15) is 11.6 Å². The van der Waals surface area contributed by atoms with Crippen LogP contribution in [0.15, 0.2) is 30.3 Å². The maximum absolute atomic E-state index is 14.5. The van der Waals surface area contributed by atoms with Crippen LogP contribution in [0, 0.1) is 32.4 Å². The molecule has 2 aromatic rings. The van der Waals surface area contributed by atoms with Crippen LogP contribution in [0.2, 0.25) is 0 Å². The maximum Gasteiger partial charge on any atom is 0.128 e. The maximum atomic E-state index is 14.5. The molecule has 0 fully saturated rings. The van der Waals surface area contributed by atoms with Crippen LogP contribution in [0.5, 0.6) is 0 Å². The Morgan fingerprint density at radius 2 is 1.71 bits per heavy atom. The van der Waals surface area contributed by atoms with Crippen LogP contribution in [0.1, 0.15) is 40.8 Å². The molecular formula is C18H21F2N. The Morgan fingerprint density at radius 3 is 2.29 bits per heavy atom. The van der Waals surface area contributed by atoms with Gasteiger partial charge in [0.2, 0.25) is 0 Å². The van der Waals surface area contributed by atoms with E-state index in [4.69, 9.17) is 0 Å². The second-order valence-electron chi connectivity index (χ2n) is 5.47. The summed E-state index contributed by atoms with van der Waals surface area (Å²) in [6, 6.07) is 7.90. The van der Waals surface area contributed by atoms with Crippen LogP contribution in [0.25, 0.3) is 0 Å². The Labute approximate surface area is 125 Å². The average molecular weight is 289 g/mol. The zero-order valence-corrected chi connectivity index (χ0v) is 12.9. The zero-order valence-electron chi connectivity index (χ0n) is 12.9. The van der Waals surface area contributed by atoms with E-state index < -0.39 is 0 Å². The third-order valence-corrected chi connectivity index (χ3v) is 3.72. The van der Waals surface area contributed by atoms with E-state index in [0.717, 1.165) is 22.3 Å². The highest BCUT2D eigenvalue weighted by Crippen LogP contribution is 2.30. The molecule has 0 saturated carbocycles. The molecule has 2 aromatic carbocycles. The lowest BCUT2D eigenvalue weighted by Gasteiger charge is -2.23. The topological polar surface area (TPSA) is 12.0 Å². The summed E-state index contributed by atoms with van der Waals surface area (Å²) in [4.78, 5) is 0. The molecule has 0 aromatic heterocycles. The average Bonchev–Trinajstić information content (AvgIpc) is 2.37. The van der Waals surface area contributed by atoms with Crippen molar-refractivity contribution in [2.75, 3.05) is 6.54 Å². The summed E-state index contributed by atoms with van der Waals surface area (Å²) in [5, 5.41) is 3.31. The smallest absolute Gasteiger partial charge is 0.128 e. The zero-order chi connectivity index (χ0) is 15.6. The van der Waals surface area contributed by atoms with Crippen molar-refractivity contribution in [2.24, 2.45) is 0 Å². The Morgan fingerprint density at radius 1 is 1.00 bits per heavy atom. The van der Waals surface area contributed by atoms with Crippen molar-refractivity contribution in [3.8, 4) is 0 Å². The van der Waals surface area contributed by atoms with Crippen molar-refractivity contribution in [1.29, 1.82) is 0 Å². The molecule has 0 aliphatic carbocycles. The lowest BCUT2D eigenvalue weighted by Crippen LogP contribution is -2.24.